The smallest absolute Gasteiger partial charge is 0.0150 e. The molecule has 1 N–H and O–H groups in total. The second kappa shape index (κ2) is 2.76. The molecule has 3 rings (SSSR count). The van der Waals surface area contributed by atoms with Crippen LogP contribution in [0.4, 0.5) is 0 Å². The van der Waals surface area contributed by atoms with Crippen LogP contribution >= 0.6 is 0 Å². The highest BCUT2D eigenvalue weighted by Crippen LogP contribution is 2.41. The number of nitrogens with one attached hydrogen (secondary N) is 1. The van der Waals surface area contributed by atoms with E-state index in [0.29, 0.717) is 5.92 Å². The average molecular weight is 173 g/mol. The molecule has 0 bridgehead atoms. The molecule has 1 heterocycles. The topological polar surface area (TPSA) is 12.0 Å². The van der Waals surface area contributed by atoms with Gasteiger partial charge in [0, 0.05) is 24.1 Å². The van der Waals surface area contributed by atoms with E-state index in [-0.39, 0.29) is 0 Å². The lowest BCUT2D eigenvalue weighted by Crippen LogP contribution is -2.39. The summed E-state index contributed by atoms with van der Waals surface area (Å²) in [4.78, 5) is 0. The van der Waals surface area contributed by atoms with Gasteiger partial charge < -0.3 is 5.32 Å². The second-order valence-electron chi connectivity index (χ2n) is 4.25. The first-order valence-corrected chi connectivity index (χ1v) is 5.24. The first-order chi connectivity index (χ1) is 6.45. The van der Waals surface area contributed by atoms with Gasteiger partial charge in [0.15, 0.2) is 0 Å². The summed E-state index contributed by atoms with van der Waals surface area (Å²) >= 11 is 0. The molecule has 2 aliphatic carbocycles. The zero-order chi connectivity index (χ0) is 8.67. The van der Waals surface area contributed by atoms with Crippen LogP contribution in [0.5, 0.6) is 0 Å². The Morgan fingerprint density at radius 1 is 1.31 bits per heavy atom. The van der Waals surface area contributed by atoms with E-state index in [9.17, 15) is 0 Å². The maximum absolute atomic E-state index is 3.53. The molecule has 0 aromatic carbocycles. The van der Waals surface area contributed by atoms with E-state index in [1.807, 2.05) is 0 Å². The second-order valence-corrected chi connectivity index (χ2v) is 4.25. The van der Waals surface area contributed by atoms with E-state index >= 15 is 0 Å². The fourth-order valence-electron chi connectivity index (χ4n) is 2.91. The third-order valence-corrected chi connectivity index (χ3v) is 3.53. The molecule has 1 heteroatoms. The van der Waals surface area contributed by atoms with E-state index in [2.05, 4.69) is 35.7 Å². The minimum absolute atomic E-state index is 0.673. The summed E-state index contributed by atoms with van der Waals surface area (Å²) in [5.74, 6) is 2.34. The maximum atomic E-state index is 3.53. The van der Waals surface area contributed by atoms with Crippen LogP contribution in [-0.4, -0.2) is 6.54 Å². The van der Waals surface area contributed by atoms with Crippen molar-refractivity contribution in [2.75, 3.05) is 6.54 Å². The largest absolute Gasteiger partial charge is 0.388 e. The Morgan fingerprint density at radius 3 is 3.31 bits per heavy atom. The molecule has 0 aromatic heterocycles. The number of hydrogen-bond acceptors (Lipinski definition) is 1. The van der Waals surface area contributed by atoms with Crippen molar-refractivity contribution in [2.24, 2.45) is 17.8 Å². The van der Waals surface area contributed by atoms with Gasteiger partial charge in [0.2, 0.25) is 0 Å². The summed E-state index contributed by atoms with van der Waals surface area (Å²) in [6.45, 7) is 1.17. The predicted molar refractivity (Wildman–Crippen MR) is 54.1 cm³/mol. The molecule has 1 fully saturated rings. The molecule has 1 aliphatic heterocycles. The summed E-state index contributed by atoms with van der Waals surface area (Å²) in [5, 5.41) is 3.53. The number of hydrogen-bond donors (Lipinski definition) is 1. The lowest BCUT2D eigenvalue weighted by Gasteiger charge is -2.41. The number of allylic oxidation sites excluding steroid dienone is 6. The summed E-state index contributed by atoms with van der Waals surface area (Å²) in [5.41, 5.74) is 1.48. The van der Waals surface area contributed by atoms with Crippen LogP contribution in [0.3, 0.4) is 0 Å². The van der Waals surface area contributed by atoms with E-state index < -0.39 is 0 Å². The Morgan fingerprint density at radius 2 is 2.31 bits per heavy atom. The third-order valence-electron chi connectivity index (χ3n) is 3.53. The van der Waals surface area contributed by atoms with Crippen molar-refractivity contribution in [3.63, 3.8) is 0 Å². The summed E-state index contributed by atoms with van der Waals surface area (Å²) in [6.07, 6.45) is 14.2. The Hall–Kier alpha value is -0.980. The van der Waals surface area contributed by atoms with Gasteiger partial charge in [0.25, 0.3) is 0 Å². The Kier molecular flexibility index (Phi) is 1.58. The van der Waals surface area contributed by atoms with Gasteiger partial charge in [0.1, 0.15) is 0 Å². The number of rotatable bonds is 0. The standard InChI is InChI=1S/C12H15N/c1-3-9-5-2-6-11-12(9)10(4-1)7-8-13-11/h1-3,5-6,9-10,12-13H,4,7-8H2. The lowest BCUT2D eigenvalue weighted by atomic mass is 9.69. The molecule has 0 amide bonds. The molecule has 0 radical (unpaired) electrons. The van der Waals surface area contributed by atoms with Gasteiger partial charge >= 0.3 is 0 Å². The van der Waals surface area contributed by atoms with Gasteiger partial charge in [-0.1, -0.05) is 24.3 Å². The van der Waals surface area contributed by atoms with Crippen LogP contribution in [-0.2, 0) is 0 Å². The summed E-state index contributed by atoms with van der Waals surface area (Å²) in [7, 11) is 0. The first-order valence-electron chi connectivity index (χ1n) is 5.24. The molecule has 0 saturated carbocycles. The summed E-state index contributed by atoms with van der Waals surface area (Å²) < 4.78 is 0. The van der Waals surface area contributed by atoms with E-state index in [1.54, 1.807) is 0 Å². The van der Waals surface area contributed by atoms with Crippen molar-refractivity contribution in [3.05, 3.63) is 36.1 Å². The molecule has 3 atom stereocenters. The molecule has 0 aromatic rings. The van der Waals surface area contributed by atoms with Crippen LogP contribution in [0.1, 0.15) is 12.8 Å². The van der Waals surface area contributed by atoms with Gasteiger partial charge in [-0.2, -0.15) is 0 Å². The quantitative estimate of drug-likeness (QED) is 0.554. The van der Waals surface area contributed by atoms with Gasteiger partial charge in [-0.3, -0.25) is 0 Å². The van der Waals surface area contributed by atoms with Gasteiger partial charge in [-0.25, -0.2) is 0 Å². The predicted octanol–water partition coefficient (Wildman–Crippen LogP) is 2.24. The molecule has 1 nitrogen and oxygen atoms in total. The highest BCUT2D eigenvalue weighted by molar-refractivity contribution is 5.29. The summed E-state index contributed by atoms with van der Waals surface area (Å²) in [6, 6.07) is 0. The number of piperidine rings is 1. The normalized spacial score (nSPS) is 40.6. The van der Waals surface area contributed by atoms with Gasteiger partial charge in [-0.05, 0) is 24.8 Å². The van der Waals surface area contributed by atoms with Crippen LogP contribution in [0.2, 0.25) is 0 Å². The molecule has 0 spiro atoms. The Labute approximate surface area is 79.2 Å². The highest BCUT2D eigenvalue weighted by Gasteiger charge is 2.35. The van der Waals surface area contributed by atoms with Crippen LogP contribution in [0.25, 0.3) is 0 Å². The molecule has 3 unspecified atom stereocenters. The van der Waals surface area contributed by atoms with Crippen LogP contribution in [0, 0.1) is 17.8 Å². The molecule has 68 valence electrons. The molecule has 3 aliphatic rings. The molecule has 1 saturated heterocycles. The Bertz CT molecular complexity index is 298. The van der Waals surface area contributed by atoms with E-state index in [1.165, 1.54) is 25.1 Å². The minimum atomic E-state index is 0.673. The minimum Gasteiger partial charge on any atom is -0.388 e. The van der Waals surface area contributed by atoms with Crippen molar-refractivity contribution in [1.29, 1.82) is 0 Å². The lowest BCUT2D eigenvalue weighted by molar-refractivity contribution is 0.255. The SMILES string of the molecule is C1=CC2C=CCC3CCNC(=C1)C23. The maximum Gasteiger partial charge on any atom is 0.0150 e. The first kappa shape index (κ1) is 7.43. The fourth-order valence-corrected chi connectivity index (χ4v) is 2.91. The molecule has 13 heavy (non-hydrogen) atoms. The highest BCUT2D eigenvalue weighted by atomic mass is 14.9. The fraction of sp³-hybridized carbons (Fsp3) is 0.500. The Balaban J connectivity index is 2.01. The van der Waals surface area contributed by atoms with E-state index in [0.717, 1.165) is 11.8 Å². The monoisotopic (exact) mass is 173 g/mol. The van der Waals surface area contributed by atoms with Crippen LogP contribution in [0.15, 0.2) is 36.1 Å². The van der Waals surface area contributed by atoms with Crippen molar-refractivity contribution in [1.82, 2.24) is 5.32 Å². The molecular weight excluding hydrogens is 158 g/mol. The van der Waals surface area contributed by atoms with Gasteiger partial charge in [-0.15, -0.1) is 0 Å². The van der Waals surface area contributed by atoms with Crippen molar-refractivity contribution in [3.8, 4) is 0 Å². The van der Waals surface area contributed by atoms with E-state index in [4.69, 9.17) is 0 Å². The van der Waals surface area contributed by atoms with Crippen molar-refractivity contribution in [2.45, 2.75) is 12.8 Å². The molecular formula is C12H15N. The van der Waals surface area contributed by atoms with Crippen LogP contribution < -0.4 is 5.32 Å². The third kappa shape index (κ3) is 1.06. The zero-order valence-corrected chi connectivity index (χ0v) is 7.74. The zero-order valence-electron chi connectivity index (χ0n) is 7.74. The van der Waals surface area contributed by atoms with Gasteiger partial charge in [0.05, 0.1) is 0 Å². The van der Waals surface area contributed by atoms with Crippen molar-refractivity contribution >= 4 is 0 Å². The average Bonchev–Trinajstić information content (AvgIpc) is 2.19. The van der Waals surface area contributed by atoms with Crippen molar-refractivity contribution < 1.29 is 0 Å².